The lowest BCUT2D eigenvalue weighted by atomic mass is 10.0. The number of carbonyl (C=O) groups is 1. The fourth-order valence-electron chi connectivity index (χ4n) is 1.59. The molecule has 0 bridgehead atoms. The number of esters is 1. The topological polar surface area (TPSA) is 61.5 Å². The molecule has 1 aromatic rings. The summed E-state index contributed by atoms with van der Waals surface area (Å²) >= 11 is 0. The van der Waals surface area contributed by atoms with Crippen LogP contribution in [0.2, 0.25) is 0 Å². The highest BCUT2D eigenvalue weighted by Gasteiger charge is 2.16. The number of ether oxygens (including phenoxy) is 2. The van der Waals surface area contributed by atoms with Crippen molar-refractivity contribution in [3.8, 4) is 5.75 Å². The lowest BCUT2D eigenvalue weighted by Gasteiger charge is -2.16. The van der Waals surface area contributed by atoms with Crippen LogP contribution in [0.1, 0.15) is 32.3 Å². The standard InChI is InChI=1S/C14H21NO3/c1-4-17-14(16)12(15)9-18-13-8-6-5-7-11(13)10(2)3/h5-8,10,12H,4,9,15H2,1-3H3. The second-order valence-electron chi connectivity index (χ2n) is 4.36. The average molecular weight is 251 g/mol. The van der Waals surface area contributed by atoms with Crippen LogP contribution in [-0.2, 0) is 9.53 Å². The Hall–Kier alpha value is -1.55. The summed E-state index contributed by atoms with van der Waals surface area (Å²) in [7, 11) is 0. The van der Waals surface area contributed by atoms with E-state index in [0.29, 0.717) is 12.5 Å². The number of hydrogen-bond donors (Lipinski definition) is 1. The zero-order valence-corrected chi connectivity index (χ0v) is 11.2. The Morgan fingerprint density at radius 2 is 2.00 bits per heavy atom. The molecule has 1 aromatic carbocycles. The van der Waals surface area contributed by atoms with Crippen molar-refractivity contribution in [2.45, 2.75) is 32.7 Å². The summed E-state index contributed by atoms with van der Waals surface area (Å²) in [5, 5.41) is 0. The summed E-state index contributed by atoms with van der Waals surface area (Å²) < 4.78 is 10.4. The average Bonchev–Trinajstić information content (AvgIpc) is 2.36. The molecule has 1 unspecified atom stereocenters. The van der Waals surface area contributed by atoms with Crippen LogP contribution in [0.5, 0.6) is 5.75 Å². The van der Waals surface area contributed by atoms with E-state index in [1.807, 2.05) is 24.3 Å². The predicted octanol–water partition coefficient (Wildman–Crippen LogP) is 2.08. The van der Waals surface area contributed by atoms with E-state index in [1.165, 1.54) is 0 Å². The van der Waals surface area contributed by atoms with Gasteiger partial charge in [-0.25, -0.2) is 0 Å². The largest absolute Gasteiger partial charge is 0.491 e. The van der Waals surface area contributed by atoms with E-state index in [4.69, 9.17) is 15.2 Å². The van der Waals surface area contributed by atoms with Gasteiger partial charge in [0.1, 0.15) is 18.4 Å². The van der Waals surface area contributed by atoms with Gasteiger partial charge in [0.25, 0.3) is 0 Å². The van der Waals surface area contributed by atoms with E-state index in [0.717, 1.165) is 11.3 Å². The second-order valence-corrected chi connectivity index (χ2v) is 4.36. The molecule has 18 heavy (non-hydrogen) atoms. The van der Waals surface area contributed by atoms with Crippen LogP contribution < -0.4 is 10.5 Å². The van der Waals surface area contributed by atoms with Crippen molar-refractivity contribution in [3.63, 3.8) is 0 Å². The normalized spacial score (nSPS) is 12.3. The summed E-state index contributed by atoms with van der Waals surface area (Å²) in [6.45, 7) is 6.39. The van der Waals surface area contributed by atoms with Crippen molar-refractivity contribution in [2.75, 3.05) is 13.2 Å². The minimum Gasteiger partial charge on any atom is -0.491 e. The maximum absolute atomic E-state index is 11.4. The molecule has 1 rings (SSSR count). The molecule has 0 aromatic heterocycles. The van der Waals surface area contributed by atoms with E-state index in [2.05, 4.69) is 13.8 Å². The molecule has 0 spiro atoms. The fourth-order valence-corrected chi connectivity index (χ4v) is 1.59. The molecule has 0 aliphatic carbocycles. The monoisotopic (exact) mass is 251 g/mol. The number of hydrogen-bond acceptors (Lipinski definition) is 4. The fraction of sp³-hybridized carbons (Fsp3) is 0.500. The van der Waals surface area contributed by atoms with Crippen molar-refractivity contribution in [1.29, 1.82) is 0 Å². The van der Waals surface area contributed by atoms with Crippen LogP contribution >= 0.6 is 0 Å². The SMILES string of the molecule is CCOC(=O)C(N)COc1ccccc1C(C)C. The van der Waals surface area contributed by atoms with Crippen molar-refractivity contribution in [1.82, 2.24) is 0 Å². The Morgan fingerprint density at radius 3 is 2.61 bits per heavy atom. The highest BCUT2D eigenvalue weighted by molar-refractivity contribution is 5.75. The van der Waals surface area contributed by atoms with Crippen molar-refractivity contribution >= 4 is 5.97 Å². The van der Waals surface area contributed by atoms with Gasteiger partial charge in [0, 0.05) is 0 Å². The van der Waals surface area contributed by atoms with Crippen LogP contribution in [-0.4, -0.2) is 25.2 Å². The smallest absolute Gasteiger partial charge is 0.326 e. The van der Waals surface area contributed by atoms with Crippen molar-refractivity contribution in [3.05, 3.63) is 29.8 Å². The molecule has 2 N–H and O–H groups in total. The number of para-hydroxylation sites is 1. The van der Waals surface area contributed by atoms with Crippen LogP contribution in [0.15, 0.2) is 24.3 Å². The first-order valence-electron chi connectivity index (χ1n) is 6.20. The quantitative estimate of drug-likeness (QED) is 0.786. The van der Waals surface area contributed by atoms with E-state index >= 15 is 0 Å². The summed E-state index contributed by atoms with van der Waals surface area (Å²) in [5.74, 6) is 0.701. The first-order chi connectivity index (χ1) is 8.56. The number of rotatable bonds is 6. The van der Waals surface area contributed by atoms with Crippen LogP contribution in [0.4, 0.5) is 0 Å². The van der Waals surface area contributed by atoms with Gasteiger partial charge < -0.3 is 15.2 Å². The first-order valence-corrected chi connectivity index (χ1v) is 6.20. The Kier molecular flexibility index (Phi) is 5.65. The van der Waals surface area contributed by atoms with Gasteiger partial charge in [-0.3, -0.25) is 4.79 Å². The molecule has 0 aliphatic heterocycles. The molecule has 100 valence electrons. The molecular weight excluding hydrogens is 230 g/mol. The molecule has 1 atom stereocenters. The van der Waals surface area contributed by atoms with Gasteiger partial charge in [-0.05, 0) is 24.5 Å². The second kappa shape index (κ2) is 7.01. The Morgan fingerprint density at radius 1 is 1.33 bits per heavy atom. The van der Waals surface area contributed by atoms with Crippen molar-refractivity contribution < 1.29 is 14.3 Å². The van der Waals surface area contributed by atoms with Crippen LogP contribution in [0.25, 0.3) is 0 Å². The predicted molar refractivity (Wildman–Crippen MR) is 70.6 cm³/mol. The Balaban J connectivity index is 2.61. The molecule has 0 heterocycles. The summed E-state index contributed by atoms with van der Waals surface area (Å²) in [6, 6.07) is 7.01. The summed E-state index contributed by atoms with van der Waals surface area (Å²) in [5.41, 5.74) is 6.78. The highest BCUT2D eigenvalue weighted by atomic mass is 16.5. The molecule has 0 radical (unpaired) electrons. The molecule has 4 heteroatoms. The van der Waals surface area contributed by atoms with Crippen LogP contribution in [0.3, 0.4) is 0 Å². The molecule has 0 amide bonds. The summed E-state index contributed by atoms with van der Waals surface area (Å²) in [6.07, 6.45) is 0. The maximum Gasteiger partial charge on any atom is 0.326 e. The van der Waals surface area contributed by atoms with Gasteiger partial charge in [0.05, 0.1) is 6.61 Å². The zero-order valence-electron chi connectivity index (χ0n) is 11.2. The number of benzene rings is 1. The van der Waals surface area contributed by atoms with E-state index in [9.17, 15) is 4.79 Å². The van der Waals surface area contributed by atoms with Gasteiger partial charge in [-0.2, -0.15) is 0 Å². The van der Waals surface area contributed by atoms with Gasteiger partial charge in [-0.15, -0.1) is 0 Å². The van der Waals surface area contributed by atoms with Gasteiger partial charge in [0.15, 0.2) is 0 Å². The molecule has 4 nitrogen and oxygen atoms in total. The zero-order chi connectivity index (χ0) is 13.5. The lowest BCUT2D eigenvalue weighted by Crippen LogP contribution is -2.37. The lowest BCUT2D eigenvalue weighted by molar-refractivity contribution is -0.145. The minimum absolute atomic E-state index is 0.128. The molecule has 0 aliphatic rings. The van der Waals surface area contributed by atoms with Crippen molar-refractivity contribution in [2.24, 2.45) is 5.73 Å². The Bertz CT molecular complexity index is 390. The summed E-state index contributed by atoms with van der Waals surface area (Å²) in [4.78, 5) is 11.4. The minimum atomic E-state index is -0.745. The number of carbonyl (C=O) groups excluding carboxylic acids is 1. The molecule has 0 fully saturated rings. The van der Waals surface area contributed by atoms with E-state index in [1.54, 1.807) is 6.92 Å². The van der Waals surface area contributed by atoms with Gasteiger partial charge >= 0.3 is 5.97 Å². The van der Waals surface area contributed by atoms with Gasteiger partial charge in [-0.1, -0.05) is 32.0 Å². The third kappa shape index (κ3) is 4.04. The molecular formula is C14H21NO3. The van der Waals surface area contributed by atoms with Crippen LogP contribution in [0, 0.1) is 0 Å². The third-order valence-corrected chi connectivity index (χ3v) is 2.55. The first kappa shape index (κ1) is 14.5. The maximum atomic E-state index is 11.4. The Labute approximate surface area is 108 Å². The molecule has 0 saturated carbocycles. The van der Waals surface area contributed by atoms with E-state index in [-0.39, 0.29) is 6.61 Å². The van der Waals surface area contributed by atoms with E-state index < -0.39 is 12.0 Å². The van der Waals surface area contributed by atoms with Gasteiger partial charge in [0.2, 0.25) is 0 Å². The number of nitrogens with two attached hydrogens (primary N) is 1. The highest BCUT2D eigenvalue weighted by Crippen LogP contribution is 2.25. The third-order valence-electron chi connectivity index (χ3n) is 2.55. The molecule has 0 saturated heterocycles.